The van der Waals surface area contributed by atoms with Gasteiger partial charge in [-0.1, -0.05) is 11.8 Å². The van der Waals surface area contributed by atoms with E-state index in [0.717, 1.165) is 10.9 Å². The summed E-state index contributed by atoms with van der Waals surface area (Å²) >= 11 is 1.61. The maximum atomic E-state index is 5.56. The number of nitrogens with two attached hydrogens (primary N) is 1. The van der Waals surface area contributed by atoms with Crippen LogP contribution in [-0.4, -0.2) is 39.8 Å². The molecule has 0 fully saturated rings. The molecule has 14 heavy (non-hydrogen) atoms. The second-order valence-electron chi connectivity index (χ2n) is 2.85. The Balaban J connectivity index is 2.35. The van der Waals surface area contributed by atoms with Gasteiger partial charge in [0.15, 0.2) is 5.16 Å². The monoisotopic (exact) mass is 216 g/mol. The molecule has 2 N–H and O–H groups in total. The molecule has 1 aromatic heterocycles. The van der Waals surface area contributed by atoms with Gasteiger partial charge in [-0.25, -0.2) is 0 Å². The van der Waals surface area contributed by atoms with Crippen LogP contribution in [0.4, 0.5) is 0 Å². The summed E-state index contributed by atoms with van der Waals surface area (Å²) in [6, 6.07) is 0. The fourth-order valence-corrected chi connectivity index (χ4v) is 1.91. The minimum absolute atomic E-state index is 0.0988. The van der Waals surface area contributed by atoms with Gasteiger partial charge in [-0.2, -0.15) is 0 Å². The summed E-state index contributed by atoms with van der Waals surface area (Å²) in [6.45, 7) is 3.20. The van der Waals surface area contributed by atoms with Crippen LogP contribution in [-0.2, 0) is 11.8 Å². The van der Waals surface area contributed by atoms with Gasteiger partial charge >= 0.3 is 0 Å². The first kappa shape index (κ1) is 11.5. The summed E-state index contributed by atoms with van der Waals surface area (Å²) in [5.74, 6) is 0.816. The molecule has 0 saturated carbocycles. The lowest BCUT2D eigenvalue weighted by atomic mass is 10.4. The van der Waals surface area contributed by atoms with E-state index < -0.39 is 0 Å². The van der Waals surface area contributed by atoms with Crippen molar-refractivity contribution >= 4 is 11.8 Å². The van der Waals surface area contributed by atoms with Crippen LogP contribution >= 0.6 is 11.8 Å². The molecular weight excluding hydrogens is 200 g/mol. The van der Waals surface area contributed by atoms with Crippen molar-refractivity contribution in [3.63, 3.8) is 0 Å². The molecule has 1 aromatic rings. The third kappa shape index (κ3) is 3.28. The molecule has 0 bridgehead atoms. The molecule has 1 rings (SSSR count). The van der Waals surface area contributed by atoms with E-state index in [0.29, 0.717) is 13.2 Å². The summed E-state index contributed by atoms with van der Waals surface area (Å²) < 4.78 is 7.31. The van der Waals surface area contributed by atoms with Crippen molar-refractivity contribution in [2.75, 3.05) is 18.9 Å². The van der Waals surface area contributed by atoms with E-state index in [2.05, 4.69) is 10.2 Å². The Morgan fingerprint density at radius 3 is 3.00 bits per heavy atom. The molecular formula is C8H16N4OS. The first-order chi connectivity index (χ1) is 6.77. The molecule has 1 unspecified atom stereocenters. The Kier molecular flexibility index (Phi) is 4.92. The predicted octanol–water partition coefficient (Wildman–Crippen LogP) is 0.271. The minimum atomic E-state index is 0.0988. The Hall–Kier alpha value is -0.590. The zero-order chi connectivity index (χ0) is 10.4. The third-order valence-corrected chi connectivity index (χ3v) is 2.90. The van der Waals surface area contributed by atoms with Crippen molar-refractivity contribution in [2.24, 2.45) is 12.8 Å². The highest BCUT2D eigenvalue weighted by Gasteiger charge is 2.09. The van der Waals surface area contributed by atoms with Crippen molar-refractivity contribution in [3.8, 4) is 0 Å². The second-order valence-corrected chi connectivity index (χ2v) is 3.84. The van der Waals surface area contributed by atoms with E-state index in [4.69, 9.17) is 10.5 Å². The van der Waals surface area contributed by atoms with Gasteiger partial charge in [-0.15, -0.1) is 10.2 Å². The smallest absolute Gasteiger partial charge is 0.190 e. The Morgan fingerprint density at radius 2 is 2.50 bits per heavy atom. The van der Waals surface area contributed by atoms with Crippen LogP contribution in [0.15, 0.2) is 11.5 Å². The minimum Gasteiger partial charge on any atom is -0.376 e. The average molecular weight is 216 g/mol. The molecule has 0 aromatic carbocycles. The quantitative estimate of drug-likeness (QED) is 0.691. The van der Waals surface area contributed by atoms with E-state index in [1.807, 2.05) is 18.5 Å². The SMILES string of the molecule is CCOC(CN)CSc1nncn1C. The predicted molar refractivity (Wildman–Crippen MR) is 56.2 cm³/mol. The lowest BCUT2D eigenvalue weighted by Gasteiger charge is -2.13. The summed E-state index contributed by atoms with van der Waals surface area (Å²) in [6.07, 6.45) is 1.78. The molecule has 0 aliphatic carbocycles. The van der Waals surface area contributed by atoms with Crippen LogP contribution < -0.4 is 5.73 Å². The number of hydrogen-bond acceptors (Lipinski definition) is 5. The van der Waals surface area contributed by atoms with Crippen molar-refractivity contribution in [1.29, 1.82) is 0 Å². The number of aromatic nitrogens is 3. The second kappa shape index (κ2) is 6.00. The lowest BCUT2D eigenvalue weighted by molar-refractivity contribution is 0.0858. The number of hydrogen-bond donors (Lipinski definition) is 1. The van der Waals surface area contributed by atoms with Gasteiger partial charge in [0.05, 0.1) is 6.10 Å². The van der Waals surface area contributed by atoms with E-state index in [-0.39, 0.29) is 6.10 Å². The molecule has 0 radical (unpaired) electrons. The molecule has 80 valence electrons. The molecule has 0 aliphatic rings. The largest absolute Gasteiger partial charge is 0.376 e. The van der Waals surface area contributed by atoms with Gasteiger partial charge < -0.3 is 15.0 Å². The summed E-state index contributed by atoms with van der Waals surface area (Å²) in [4.78, 5) is 0. The van der Waals surface area contributed by atoms with Crippen molar-refractivity contribution < 1.29 is 4.74 Å². The molecule has 6 heteroatoms. The standard InChI is InChI=1S/C8H16N4OS/c1-3-13-7(4-9)5-14-8-11-10-6-12(8)2/h6-7H,3-5,9H2,1-2H3. The van der Waals surface area contributed by atoms with Gasteiger partial charge in [-0.3, -0.25) is 0 Å². The number of thioether (sulfide) groups is 1. The summed E-state index contributed by atoms with van der Waals surface area (Å²) in [7, 11) is 1.92. The molecule has 1 atom stereocenters. The van der Waals surface area contributed by atoms with E-state index >= 15 is 0 Å². The Morgan fingerprint density at radius 1 is 1.71 bits per heavy atom. The van der Waals surface area contributed by atoms with E-state index in [1.54, 1.807) is 18.1 Å². The number of rotatable bonds is 6. The van der Waals surface area contributed by atoms with Crippen molar-refractivity contribution in [2.45, 2.75) is 18.2 Å². The van der Waals surface area contributed by atoms with Crippen LogP contribution in [0.2, 0.25) is 0 Å². The third-order valence-electron chi connectivity index (χ3n) is 1.73. The molecule has 0 amide bonds. The van der Waals surface area contributed by atoms with Crippen LogP contribution in [0.25, 0.3) is 0 Å². The zero-order valence-electron chi connectivity index (χ0n) is 8.51. The fourth-order valence-electron chi connectivity index (χ4n) is 0.991. The summed E-state index contributed by atoms with van der Waals surface area (Å²) in [5.41, 5.74) is 5.56. The van der Waals surface area contributed by atoms with Crippen LogP contribution in [0, 0.1) is 0 Å². The first-order valence-corrected chi connectivity index (χ1v) is 5.55. The highest BCUT2D eigenvalue weighted by atomic mass is 32.2. The van der Waals surface area contributed by atoms with Gasteiger partial charge in [0.2, 0.25) is 0 Å². The molecule has 1 heterocycles. The maximum Gasteiger partial charge on any atom is 0.190 e. The Bertz CT molecular complexity index is 266. The van der Waals surface area contributed by atoms with E-state index in [1.165, 1.54) is 0 Å². The maximum absolute atomic E-state index is 5.56. The fraction of sp³-hybridized carbons (Fsp3) is 0.750. The van der Waals surface area contributed by atoms with Crippen molar-refractivity contribution in [3.05, 3.63) is 6.33 Å². The van der Waals surface area contributed by atoms with Gasteiger partial charge in [0.25, 0.3) is 0 Å². The highest BCUT2D eigenvalue weighted by Crippen LogP contribution is 2.15. The van der Waals surface area contributed by atoms with Crippen LogP contribution in [0.5, 0.6) is 0 Å². The molecule has 0 spiro atoms. The number of aryl methyl sites for hydroxylation is 1. The highest BCUT2D eigenvalue weighted by molar-refractivity contribution is 7.99. The average Bonchev–Trinajstić information content (AvgIpc) is 2.59. The number of ether oxygens (including phenoxy) is 1. The van der Waals surface area contributed by atoms with Crippen LogP contribution in [0.3, 0.4) is 0 Å². The number of nitrogens with zero attached hydrogens (tertiary/aromatic N) is 3. The molecule has 0 saturated heterocycles. The Labute approximate surface area is 88.0 Å². The zero-order valence-corrected chi connectivity index (χ0v) is 9.33. The van der Waals surface area contributed by atoms with E-state index in [9.17, 15) is 0 Å². The van der Waals surface area contributed by atoms with Gasteiger partial charge in [0, 0.05) is 26.0 Å². The van der Waals surface area contributed by atoms with Crippen molar-refractivity contribution in [1.82, 2.24) is 14.8 Å². The molecule has 0 aliphatic heterocycles. The normalized spacial score (nSPS) is 13.1. The van der Waals surface area contributed by atoms with Gasteiger partial charge in [-0.05, 0) is 6.92 Å². The summed E-state index contributed by atoms with van der Waals surface area (Å²) in [5, 5.41) is 8.65. The first-order valence-electron chi connectivity index (χ1n) is 4.56. The molecule has 5 nitrogen and oxygen atoms in total. The van der Waals surface area contributed by atoms with Crippen LogP contribution in [0.1, 0.15) is 6.92 Å². The van der Waals surface area contributed by atoms with Gasteiger partial charge in [0.1, 0.15) is 6.33 Å². The topological polar surface area (TPSA) is 66.0 Å². The lowest BCUT2D eigenvalue weighted by Crippen LogP contribution is -2.26.